The standard InChI is InChI=1S/C35H34N2O7/c1-3-44-29-17-20(4-11-27(29)38)30-23-9-10-24-31(25(23)18-26-28(39)16-19(2)33(40)32(26)30)35(42)37(34(24)41)22-7-5-21(6-8-22)36-12-14-43-15-13-36/h4-9,11,16-17,24-25,30-31,38H,3,10,12-15,18H2,1-2H3. The fourth-order valence-electron chi connectivity index (χ4n) is 7.61. The van der Waals surface area contributed by atoms with Gasteiger partial charge in [-0.1, -0.05) is 17.7 Å². The van der Waals surface area contributed by atoms with Gasteiger partial charge in [-0.05, 0) is 80.6 Å². The monoisotopic (exact) mass is 594 g/mol. The van der Waals surface area contributed by atoms with Gasteiger partial charge >= 0.3 is 0 Å². The number of carbonyl (C=O) groups excluding carboxylic acids is 4. The maximum atomic E-state index is 14.2. The first-order valence-corrected chi connectivity index (χ1v) is 15.2. The smallest absolute Gasteiger partial charge is 0.238 e. The van der Waals surface area contributed by atoms with E-state index in [1.165, 1.54) is 17.0 Å². The lowest BCUT2D eigenvalue weighted by atomic mass is 9.59. The summed E-state index contributed by atoms with van der Waals surface area (Å²) in [6.45, 7) is 6.67. The fourth-order valence-corrected chi connectivity index (χ4v) is 7.61. The van der Waals surface area contributed by atoms with E-state index in [1.807, 2.05) is 37.3 Å². The highest BCUT2D eigenvalue weighted by Crippen LogP contribution is 2.56. The maximum absolute atomic E-state index is 14.2. The van der Waals surface area contributed by atoms with Crippen LogP contribution >= 0.6 is 0 Å². The number of nitrogens with zero attached hydrogens (tertiary/aromatic N) is 2. The number of Topliss-reactive ketones (excluding diaryl/α,β-unsaturated/α-hetero) is 1. The molecule has 226 valence electrons. The molecule has 2 heterocycles. The first-order valence-electron chi connectivity index (χ1n) is 15.2. The molecule has 44 heavy (non-hydrogen) atoms. The van der Waals surface area contributed by atoms with Crippen molar-refractivity contribution in [2.24, 2.45) is 17.8 Å². The fraction of sp³-hybridized carbons (Fsp3) is 0.371. The molecule has 2 saturated heterocycles. The summed E-state index contributed by atoms with van der Waals surface area (Å²) in [5.41, 5.74) is 4.27. The molecule has 2 amide bonds. The zero-order valence-electron chi connectivity index (χ0n) is 24.7. The van der Waals surface area contributed by atoms with Crippen LogP contribution in [0.1, 0.15) is 38.2 Å². The van der Waals surface area contributed by atoms with Gasteiger partial charge in [0.15, 0.2) is 23.1 Å². The van der Waals surface area contributed by atoms with Crippen LogP contribution in [0.15, 0.2) is 76.9 Å². The molecular weight excluding hydrogens is 560 g/mol. The number of carbonyl (C=O) groups is 4. The largest absolute Gasteiger partial charge is 0.504 e. The van der Waals surface area contributed by atoms with Gasteiger partial charge in [0, 0.05) is 41.4 Å². The molecule has 9 heteroatoms. The first kappa shape index (κ1) is 28.3. The number of ether oxygens (including phenoxy) is 2. The van der Waals surface area contributed by atoms with Crippen LogP contribution in [0.5, 0.6) is 11.5 Å². The van der Waals surface area contributed by atoms with Gasteiger partial charge in [0.05, 0.1) is 37.3 Å². The number of phenolic OH excluding ortho intramolecular Hbond substituents is 1. The number of benzene rings is 2. The normalized spacial score (nSPS) is 26.7. The van der Waals surface area contributed by atoms with E-state index in [1.54, 1.807) is 19.1 Å². The Hall–Kier alpha value is -4.50. The molecule has 5 aliphatic rings. The third kappa shape index (κ3) is 4.40. The third-order valence-corrected chi connectivity index (χ3v) is 9.67. The Balaban J connectivity index is 1.27. The van der Waals surface area contributed by atoms with Crippen molar-refractivity contribution in [3.63, 3.8) is 0 Å². The van der Waals surface area contributed by atoms with Crippen LogP contribution in [-0.2, 0) is 23.9 Å². The van der Waals surface area contributed by atoms with Crippen LogP contribution in [0.2, 0.25) is 0 Å². The van der Waals surface area contributed by atoms with Gasteiger partial charge in [-0.2, -0.15) is 0 Å². The van der Waals surface area contributed by atoms with E-state index in [0.29, 0.717) is 54.2 Å². The van der Waals surface area contributed by atoms with Crippen LogP contribution in [0.4, 0.5) is 11.4 Å². The van der Waals surface area contributed by atoms with E-state index in [4.69, 9.17) is 9.47 Å². The summed E-state index contributed by atoms with van der Waals surface area (Å²) in [7, 11) is 0. The van der Waals surface area contributed by atoms with E-state index in [0.717, 1.165) is 24.4 Å². The first-order chi connectivity index (χ1) is 21.3. The molecule has 3 aliphatic carbocycles. The average molecular weight is 595 g/mol. The SMILES string of the molecule is CCOc1cc(C2C3=CCC4C(=O)N(c5ccc(N6CCOCC6)cc5)C(=O)C4C3CC3=C2C(=O)C(C)=CC3=O)ccc1O. The second kappa shape index (κ2) is 10.9. The maximum Gasteiger partial charge on any atom is 0.238 e. The molecule has 0 saturated carbocycles. The number of imide groups is 1. The summed E-state index contributed by atoms with van der Waals surface area (Å²) < 4.78 is 11.1. The number of phenols is 1. The van der Waals surface area contributed by atoms with Crippen LogP contribution in [0.25, 0.3) is 0 Å². The predicted molar refractivity (Wildman–Crippen MR) is 163 cm³/mol. The number of hydrogen-bond donors (Lipinski definition) is 1. The molecule has 1 N–H and O–H groups in total. The van der Waals surface area contributed by atoms with Gasteiger partial charge in [0.25, 0.3) is 0 Å². The Morgan fingerprint density at radius 3 is 2.41 bits per heavy atom. The van der Waals surface area contributed by atoms with Crippen LogP contribution < -0.4 is 14.5 Å². The number of amides is 2. The minimum absolute atomic E-state index is 0.0242. The van der Waals surface area contributed by atoms with Gasteiger partial charge in [-0.3, -0.25) is 24.1 Å². The molecule has 4 atom stereocenters. The van der Waals surface area contributed by atoms with Gasteiger partial charge in [0.1, 0.15) is 0 Å². The second-order valence-corrected chi connectivity index (χ2v) is 12.0. The van der Waals surface area contributed by atoms with Gasteiger partial charge in [-0.15, -0.1) is 0 Å². The van der Waals surface area contributed by atoms with E-state index in [2.05, 4.69) is 4.90 Å². The average Bonchev–Trinajstić information content (AvgIpc) is 3.30. The van der Waals surface area contributed by atoms with Crippen molar-refractivity contribution in [2.45, 2.75) is 32.6 Å². The Kier molecular flexibility index (Phi) is 7.00. The molecule has 0 aromatic heterocycles. The molecule has 2 aliphatic heterocycles. The molecule has 4 unspecified atom stereocenters. The number of hydrogen-bond acceptors (Lipinski definition) is 8. The number of aromatic hydroxyl groups is 1. The van der Waals surface area contributed by atoms with Crippen molar-refractivity contribution >= 4 is 34.8 Å². The Morgan fingerprint density at radius 1 is 0.955 bits per heavy atom. The molecule has 0 spiro atoms. The molecule has 2 fully saturated rings. The molecule has 9 nitrogen and oxygen atoms in total. The molecule has 0 bridgehead atoms. The molecule has 7 rings (SSSR count). The molecular formula is C35H34N2O7. The number of fused-ring (bicyclic) bond motifs is 3. The van der Waals surface area contributed by atoms with Crippen molar-refractivity contribution in [3.05, 3.63) is 82.5 Å². The van der Waals surface area contributed by atoms with Crippen LogP contribution in [0.3, 0.4) is 0 Å². The van der Waals surface area contributed by atoms with Crippen molar-refractivity contribution in [2.75, 3.05) is 42.7 Å². The zero-order valence-corrected chi connectivity index (χ0v) is 24.7. The lowest BCUT2D eigenvalue weighted by Crippen LogP contribution is -2.39. The van der Waals surface area contributed by atoms with E-state index < -0.39 is 23.7 Å². The summed E-state index contributed by atoms with van der Waals surface area (Å²) >= 11 is 0. The Morgan fingerprint density at radius 2 is 1.68 bits per heavy atom. The number of morpholine rings is 1. The number of allylic oxidation sites excluding steroid dienone is 6. The summed E-state index contributed by atoms with van der Waals surface area (Å²) in [4.78, 5) is 58.6. The highest BCUT2D eigenvalue weighted by Gasteiger charge is 2.56. The second-order valence-electron chi connectivity index (χ2n) is 12.0. The van der Waals surface area contributed by atoms with E-state index >= 15 is 0 Å². The van der Waals surface area contributed by atoms with Gasteiger partial charge in [-0.25, -0.2) is 0 Å². The third-order valence-electron chi connectivity index (χ3n) is 9.67. The van der Waals surface area contributed by atoms with E-state index in [-0.39, 0.29) is 41.3 Å². The molecule has 2 aromatic rings. The van der Waals surface area contributed by atoms with E-state index in [9.17, 15) is 24.3 Å². The van der Waals surface area contributed by atoms with Crippen LogP contribution in [0, 0.1) is 17.8 Å². The minimum Gasteiger partial charge on any atom is -0.504 e. The van der Waals surface area contributed by atoms with Gasteiger partial charge < -0.3 is 19.5 Å². The van der Waals surface area contributed by atoms with Crippen molar-refractivity contribution in [1.29, 1.82) is 0 Å². The van der Waals surface area contributed by atoms with Crippen molar-refractivity contribution < 1.29 is 33.8 Å². The highest BCUT2D eigenvalue weighted by molar-refractivity contribution is 6.25. The number of anilines is 2. The predicted octanol–water partition coefficient (Wildman–Crippen LogP) is 4.26. The summed E-state index contributed by atoms with van der Waals surface area (Å²) in [5.74, 6) is -2.94. The minimum atomic E-state index is -0.656. The topological polar surface area (TPSA) is 113 Å². The summed E-state index contributed by atoms with van der Waals surface area (Å²) in [5, 5.41) is 10.4. The summed E-state index contributed by atoms with van der Waals surface area (Å²) in [6, 6.07) is 12.5. The van der Waals surface area contributed by atoms with Crippen molar-refractivity contribution in [1.82, 2.24) is 0 Å². The lowest BCUT2D eigenvalue weighted by molar-refractivity contribution is -0.123. The number of ketones is 2. The Bertz CT molecular complexity index is 1680. The highest BCUT2D eigenvalue weighted by atomic mass is 16.5. The Labute approximate surface area is 255 Å². The lowest BCUT2D eigenvalue weighted by Gasteiger charge is -2.42. The van der Waals surface area contributed by atoms with Crippen LogP contribution in [-0.4, -0.2) is 61.4 Å². The summed E-state index contributed by atoms with van der Waals surface area (Å²) in [6.07, 6.45) is 3.94. The van der Waals surface area contributed by atoms with Gasteiger partial charge in [0.2, 0.25) is 11.8 Å². The van der Waals surface area contributed by atoms with Crippen molar-refractivity contribution in [3.8, 4) is 11.5 Å². The number of rotatable bonds is 5. The molecule has 0 radical (unpaired) electrons. The zero-order chi connectivity index (χ0) is 30.7. The molecule has 2 aromatic carbocycles. The quantitative estimate of drug-likeness (QED) is 0.311.